The summed E-state index contributed by atoms with van der Waals surface area (Å²) in [6, 6.07) is 15.7. The first-order valence-electron chi connectivity index (χ1n) is 14.5. The molecule has 1 saturated heterocycles. The van der Waals surface area contributed by atoms with E-state index in [1.807, 2.05) is 38.2 Å². The van der Waals surface area contributed by atoms with Gasteiger partial charge in [-0.2, -0.15) is 0 Å². The summed E-state index contributed by atoms with van der Waals surface area (Å²) in [7, 11) is 5.44. The first kappa shape index (κ1) is 28.4. The van der Waals surface area contributed by atoms with Crippen molar-refractivity contribution in [3.63, 3.8) is 0 Å². The number of aromatic nitrogens is 3. The lowest BCUT2D eigenvalue weighted by molar-refractivity contribution is 0.252. The largest absolute Gasteiger partial charge is 0.496 e. The molecule has 6 rings (SSSR count). The van der Waals surface area contributed by atoms with Gasteiger partial charge in [0.2, 0.25) is 0 Å². The van der Waals surface area contributed by atoms with Crippen LogP contribution in [-0.4, -0.2) is 73.3 Å². The van der Waals surface area contributed by atoms with E-state index in [1.165, 1.54) is 0 Å². The van der Waals surface area contributed by atoms with E-state index >= 15 is 0 Å². The first-order chi connectivity index (χ1) is 20.9. The molecule has 0 unspecified atom stereocenters. The highest BCUT2D eigenvalue weighted by Crippen LogP contribution is 2.38. The van der Waals surface area contributed by atoms with E-state index in [1.54, 1.807) is 42.3 Å². The number of methoxy groups -OCH3 is 2. The lowest BCUT2D eigenvalue weighted by Gasteiger charge is -2.36. The van der Waals surface area contributed by atoms with Gasteiger partial charge in [0.25, 0.3) is 0 Å². The van der Waals surface area contributed by atoms with E-state index in [-0.39, 0.29) is 6.03 Å². The van der Waals surface area contributed by atoms with Crippen molar-refractivity contribution in [1.29, 1.82) is 0 Å². The fraction of sp³-hybridized carbons (Fsp3) is 0.333. The fourth-order valence-electron chi connectivity index (χ4n) is 5.82. The second-order valence-corrected chi connectivity index (χ2v) is 11.1. The highest BCUT2D eigenvalue weighted by molar-refractivity contribution is 6.10. The van der Waals surface area contributed by atoms with Crippen LogP contribution in [0.2, 0.25) is 0 Å². The summed E-state index contributed by atoms with van der Waals surface area (Å²) in [6.45, 7) is 8.42. The number of aryl methyl sites for hydroxylation is 2. The van der Waals surface area contributed by atoms with Crippen LogP contribution in [-0.2, 0) is 13.0 Å². The van der Waals surface area contributed by atoms with Gasteiger partial charge in [0.05, 0.1) is 32.6 Å². The number of carbonyl (C=O) groups excluding carboxylic acids is 1. The Balaban J connectivity index is 1.36. The van der Waals surface area contributed by atoms with E-state index in [0.29, 0.717) is 36.2 Å². The number of carbonyl (C=O) groups is 1. The zero-order valence-corrected chi connectivity index (χ0v) is 25.4. The molecular formula is C33H37N7O3. The van der Waals surface area contributed by atoms with Crippen molar-refractivity contribution < 1.29 is 14.3 Å². The van der Waals surface area contributed by atoms with Crippen LogP contribution in [0.3, 0.4) is 0 Å². The fourth-order valence-corrected chi connectivity index (χ4v) is 5.82. The van der Waals surface area contributed by atoms with Crippen LogP contribution in [0.15, 0.2) is 60.9 Å². The van der Waals surface area contributed by atoms with E-state index < -0.39 is 0 Å². The summed E-state index contributed by atoms with van der Waals surface area (Å²) in [6.07, 6.45) is 3.89. The predicted octanol–water partition coefficient (Wildman–Crippen LogP) is 5.13. The molecular weight excluding hydrogens is 542 g/mol. The Hall–Kier alpha value is -4.70. The van der Waals surface area contributed by atoms with Gasteiger partial charge >= 0.3 is 6.03 Å². The number of nitrogens with zero attached hydrogens (tertiary/aromatic N) is 7. The van der Waals surface area contributed by atoms with Crippen LogP contribution >= 0.6 is 0 Å². The number of rotatable bonds is 7. The smallest absolute Gasteiger partial charge is 0.336 e. The number of ether oxygens (including phenoxy) is 2. The number of anilines is 4. The average molecular weight is 580 g/mol. The number of benzene rings is 2. The number of likely N-dealkylation sites (N-methyl/N-ethyl adjacent to an activating group) is 1. The number of hydrogen-bond donors (Lipinski definition) is 0. The van der Waals surface area contributed by atoms with E-state index in [0.717, 1.165) is 65.6 Å². The van der Waals surface area contributed by atoms with Gasteiger partial charge in [-0.25, -0.2) is 24.6 Å². The van der Waals surface area contributed by atoms with Crippen molar-refractivity contribution in [3.05, 3.63) is 89.0 Å². The maximum absolute atomic E-state index is 14.2. The molecule has 43 heavy (non-hydrogen) atoms. The van der Waals surface area contributed by atoms with Gasteiger partial charge in [0.15, 0.2) is 5.82 Å². The minimum absolute atomic E-state index is 0.221. The van der Waals surface area contributed by atoms with Gasteiger partial charge in [-0.1, -0.05) is 24.3 Å². The number of hydrogen-bond acceptors (Lipinski definition) is 8. The van der Waals surface area contributed by atoms with Gasteiger partial charge in [0, 0.05) is 61.7 Å². The Labute approximate surface area is 252 Å². The molecule has 1 fully saturated rings. The van der Waals surface area contributed by atoms with Crippen LogP contribution in [0.4, 0.5) is 27.8 Å². The summed E-state index contributed by atoms with van der Waals surface area (Å²) >= 11 is 0. The van der Waals surface area contributed by atoms with Crippen LogP contribution < -0.4 is 24.2 Å². The van der Waals surface area contributed by atoms with Gasteiger partial charge in [-0.15, -0.1) is 0 Å². The summed E-state index contributed by atoms with van der Waals surface area (Å²) < 4.78 is 11.1. The SMILES string of the molecule is COc1ccc(N2C(=O)N(c3c(C)cccc3C)Cc3cnc(Cc4ccc(N5CCN(C)CC5)cc4OC)nc32)nc1. The van der Waals surface area contributed by atoms with Crippen LogP contribution in [0, 0.1) is 13.8 Å². The Morgan fingerprint density at radius 2 is 1.65 bits per heavy atom. The molecule has 0 N–H and O–H groups in total. The zero-order valence-electron chi connectivity index (χ0n) is 25.4. The molecule has 0 spiro atoms. The molecule has 2 amide bonds. The molecule has 10 nitrogen and oxygen atoms in total. The third kappa shape index (κ3) is 5.58. The monoisotopic (exact) mass is 579 g/mol. The topological polar surface area (TPSA) is 87.2 Å². The van der Waals surface area contributed by atoms with Gasteiger partial charge in [-0.3, -0.25) is 4.90 Å². The molecule has 2 aromatic carbocycles. The van der Waals surface area contributed by atoms with Crippen molar-refractivity contribution in [2.24, 2.45) is 0 Å². The van der Waals surface area contributed by atoms with Crippen molar-refractivity contribution in [1.82, 2.24) is 19.9 Å². The molecule has 0 saturated carbocycles. The van der Waals surface area contributed by atoms with E-state index in [4.69, 9.17) is 19.4 Å². The van der Waals surface area contributed by atoms with Crippen molar-refractivity contribution in [2.45, 2.75) is 26.8 Å². The number of para-hydroxylation sites is 1. The molecule has 2 aromatic heterocycles. The molecule has 4 aromatic rings. The number of pyridine rings is 1. The molecule has 4 heterocycles. The molecule has 0 atom stereocenters. The quantitative estimate of drug-likeness (QED) is 0.298. The summed E-state index contributed by atoms with van der Waals surface area (Å²) in [5.41, 5.74) is 5.88. The van der Waals surface area contributed by atoms with Crippen LogP contribution in [0.5, 0.6) is 11.5 Å². The Morgan fingerprint density at radius 3 is 2.33 bits per heavy atom. The molecule has 0 bridgehead atoms. The number of amides is 2. The molecule has 10 heteroatoms. The Kier molecular flexibility index (Phi) is 7.86. The van der Waals surface area contributed by atoms with Gasteiger partial charge < -0.3 is 19.3 Å². The van der Waals surface area contributed by atoms with E-state index in [9.17, 15) is 4.79 Å². The highest BCUT2D eigenvalue weighted by Gasteiger charge is 2.36. The number of piperazine rings is 1. The third-order valence-corrected chi connectivity index (χ3v) is 8.24. The standard InChI is InChI=1S/C33H37N7O3/c1-22-7-6-8-23(2)31(22)39-21-25-19-34-29(36-32(25)40(33(39)41)30-12-11-27(42-4)20-35-30)17-24-9-10-26(18-28(24)43-5)38-15-13-37(3)14-16-38/h6-12,18-20H,13-17,21H2,1-5H3. The summed E-state index contributed by atoms with van der Waals surface area (Å²) in [5.74, 6) is 2.99. The second kappa shape index (κ2) is 11.9. The maximum Gasteiger partial charge on any atom is 0.336 e. The Morgan fingerprint density at radius 1 is 0.884 bits per heavy atom. The molecule has 222 valence electrons. The van der Waals surface area contributed by atoms with Gasteiger partial charge in [0.1, 0.15) is 23.1 Å². The minimum Gasteiger partial charge on any atom is -0.496 e. The molecule has 2 aliphatic rings. The van der Waals surface area contributed by atoms with E-state index in [2.05, 4.69) is 40.0 Å². The second-order valence-electron chi connectivity index (χ2n) is 11.1. The van der Waals surface area contributed by atoms with Gasteiger partial charge in [-0.05, 0) is 50.2 Å². The predicted molar refractivity (Wildman–Crippen MR) is 168 cm³/mol. The lowest BCUT2D eigenvalue weighted by Crippen LogP contribution is -2.46. The minimum atomic E-state index is -0.221. The third-order valence-electron chi connectivity index (χ3n) is 8.24. The van der Waals surface area contributed by atoms with Crippen LogP contribution in [0.1, 0.15) is 28.1 Å². The normalized spacial score (nSPS) is 15.5. The molecule has 0 aliphatic carbocycles. The van der Waals surface area contributed by atoms with Crippen molar-refractivity contribution >= 4 is 29.0 Å². The van der Waals surface area contributed by atoms with Crippen molar-refractivity contribution in [3.8, 4) is 11.5 Å². The van der Waals surface area contributed by atoms with Crippen LogP contribution in [0.25, 0.3) is 0 Å². The van der Waals surface area contributed by atoms with Crippen molar-refractivity contribution in [2.75, 3.05) is 62.1 Å². The zero-order chi connectivity index (χ0) is 30.1. The lowest BCUT2D eigenvalue weighted by atomic mass is 10.1. The highest BCUT2D eigenvalue weighted by atomic mass is 16.5. The molecule has 2 aliphatic heterocycles. The first-order valence-corrected chi connectivity index (χ1v) is 14.5. The average Bonchev–Trinajstić information content (AvgIpc) is 3.02. The maximum atomic E-state index is 14.2. The number of fused-ring (bicyclic) bond motifs is 1. The summed E-state index contributed by atoms with van der Waals surface area (Å²) in [4.78, 5) is 36.6. The Bertz CT molecular complexity index is 1610. The summed E-state index contributed by atoms with van der Waals surface area (Å²) in [5, 5.41) is 0. The molecule has 0 radical (unpaired) electrons. The number of urea groups is 1.